The van der Waals surface area contributed by atoms with Crippen LogP contribution in [0.5, 0.6) is 0 Å². The van der Waals surface area contributed by atoms with Crippen LogP contribution in [0, 0.1) is 5.82 Å². The van der Waals surface area contributed by atoms with Crippen molar-refractivity contribution in [3.63, 3.8) is 0 Å². The first-order valence-corrected chi connectivity index (χ1v) is 8.77. The number of piperazine rings is 1. The van der Waals surface area contributed by atoms with Crippen molar-refractivity contribution in [2.75, 3.05) is 26.2 Å². The van der Waals surface area contributed by atoms with E-state index in [1.165, 1.54) is 18.3 Å². The molecule has 2 aromatic rings. The Morgan fingerprint density at radius 1 is 1.04 bits per heavy atom. The van der Waals surface area contributed by atoms with E-state index in [-0.39, 0.29) is 22.4 Å². The molecule has 0 atom stereocenters. The largest absolute Gasteiger partial charge is 0.335 e. The summed E-state index contributed by atoms with van der Waals surface area (Å²) in [4.78, 5) is 32.3. The quantitative estimate of drug-likeness (QED) is 0.741. The molecular weight excluding hydrogens is 413 g/mol. The van der Waals surface area contributed by atoms with Gasteiger partial charge in [0.05, 0.1) is 16.1 Å². The van der Waals surface area contributed by atoms with E-state index in [4.69, 9.17) is 11.6 Å². The number of halogens is 3. The van der Waals surface area contributed by atoms with E-state index in [0.717, 1.165) is 10.5 Å². The van der Waals surface area contributed by atoms with Crippen LogP contribution in [0.1, 0.15) is 20.7 Å². The molecule has 2 amide bonds. The van der Waals surface area contributed by atoms with E-state index in [9.17, 15) is 14.0 Å². The van der Waals surface area contributed by atoms with Crippen LogP contribution in [0.2, 0.25) is 5.02 Å². The minimum absolute atomic E-state index is 0.0868. The highest BCUT2D eigenvalue weighted by Crippen LogP contribution is 2.20. The Balaban J connectivity index is 1.65. The van der Waals surface area contributed by atoms with E-state index >= 15 is 0 Å². The Labute approximate surface area is 157 Å². The lowest BCUT2D eigenvalue weighted by Crippen LogP contribution is -2.50. The number of pyridine rings is 1. The van der Waals surface area contributed by atoms with E-state index in [1.807, 2.05) is 0 Å². The molecule has 3 rings (SSSR count). The second kappa shape index (κ2) is 7.49. The zero-order valence-electron chi connectivity index (χ0n) is 13.1. The second-order valence-electron chi connectivity index (χ2n) is 5.60. The Morgan fingerprint density at radius 3 is 2.28 bits per heavy atom. The van der Waals surface area contributed by atoms with E-state index in [0.29, 0.717) is 31.7 Å². The van der Waals surface area contributed by atoms with Gasteiger partial charge in [-0.05, 0) is 40.2 Å². The maximum absolute atomic E-state index is 13.1. The zero-order valence-corrected chi connectivity index (χ0v) is 15.4. The van der Waals surface area contributed by atoms with Gasteiger partial charge < -0.3 is 9.80 Å². The normalized spacial score (nSPS) is 14.5. The smallest absolute Gasteiger partial charge is 0.255 e. The van der Waals surface area contributed by atoms with Crippen LogP contribution in [-0.4, -0.2) is 52.8 Å². The van der Waals surface area contributed by atoms with Crippen molar-refractivity contribution in [3.05, 3.63) is 63.1 Å². The maximum Gasteiger partial charge on any atom is 0.255 e. The van der Waals surface area contributed by atoms with Crippen LogP contribution in [0.3, 0.4) is 0 Å². The minimum Gasteiger partial charge on any atom is -0.335 e. The van der Waals surface area contributed by atoms with Gasteiger partial charge in [-0.15, -0.1) is 0 Å². The number of benzene rings is 1. The lowest BCUT2D eigenvalue weighted by Gasteiger charge is -2.35. The average Bonchev–Trinajstić information content (AvgIpc) is 2.61. The van der Waals surface area contributed by atoms with Gasteiger partial charge in [0.25, 0.3) is 11.8 Å². The third-order valence-corrected chi connectivity index (χ3v) is 4.71. The number of aromatic nitrogens is 1. The average molecular weight is 427 g/mol. The highest BCUT2D eigenvalue weighted by atomic mass is 79.9. The Morgan fingerprint density at radius 2 is 1.68 bits per heavy atom. The van der Waals surface area contributed by atoms with Crippen molar-refractivity contribution in [3.8, 4) is 0 Å². The monoisotopic (exact) mass is 425 g/mol. The molecular formula is C17H14BrClFN3O2. The third kappa shape index (κ3) is 3.99. The fourth-order valence-corrected chi connectivity index (χ4v) is 3.27. The summed E-state index contributed by atoms with van der Waals surface area (Å²) in [5.74, 6) is -0.874. The van der Waals surface area contributed by atoms with Gasteiger partial charge in [0.2, 0.25) is 0 Å². The maximum atomic E-state index is 13.1. The van der Waals surface area contributed by atoms with Crippen LogP contribution in [0.25, 0.3) is 0 Å². The molecule has 0 unspecified atom stereocenters. The fraction of sp³-hybridized carbons (Fsp3) is 0.235. The van der Waals surface area contributed by atoms with Gasteiger partial charge in [0.1, 0.15) is 5.82 Å². The number of rotatable bonds is 2. The molecule has 1 aromatic carbocycles. The van der Waals surface area contributed by atoms with Gasteiger partial charge in [-0.2, -0.15) is 0 Å². The molecule has 8 heteroatoms. The van der Waals surface area contributed by atoms with Crippen LogP contribution in [0.4, 0.5) is 4.39 Å². The summed E-state index contributed by atoms with van der Waals surface area (Å²) in [6, 6.07) is 5.42. The molecule has 0 spiro atoms. The molecule has 1 aromatic heterocycles. The lowest BCUT2D eigenvalue weighted by molar-refractivity contribution is 0.0535. The van der Waals surface area contributed by atoms with Crippen LogP contribution in [-0.2, 0) is 0 Å². The summed E-state index contributed by atoms with van der Waals surface area (Å²) in [5.41, 5.74) is 0.759. The highest BCUT2D eigenvalue weighted by molar-refractivity contribution is 9.10. The first-order valence-electron chi connectivity index (χ1n) is 7.60. The topological polar surface area (TPSA) is 53.5 Å². The summed E-state index contributed by atoms with van der Waals surface area (Å²) in [5, 5.41) is 0.0868. The molecule has 0 bridgehead atoms. The summed E-state index contributed by atoms with van der Waals surface area (Å²) in [6.07, 6.45) is 3.13. The predicted octanol–water partition coefficient (Wildman–Crippen LogP) is 3.23. The fourth-order valence-electron chi connectivity index (χ4n) is 2.66. The van der Waals surface area contributed by atoms with Crippen molar-refractivity contribution in [2.24, 2.45) is 0 Å². The molecule has 0 radical (unpaired) electrons. The SMILES string of the molecule is O=C(c1cncc(Br)c1)N1CCN(C(=O)c2ccc(F)cc2Cl)CC1. The van der Waals surface area contributed by atoms with Crippen molar-refractivity contribution in [2.45, 2.75) is 0 Å². The zero-order chi connectivity index (χ0) is 18.0. The molecule has 0 saturated carbocycles. The molecule has 1 aliphatic rings. The number of carbonyl (C=O) groups is 2. The number of hydrogen-bond donors (Lipinski definition) is 0. The van der Waals surface area contributed by atoms with Crippen LogP contribution in [0.15, 0.2) is 41.1 Å². The summed E-state index contributed by atoms with van der Waals surface area (Å²) < 4.78 is 13.9. The summed E-state index contributed by atoms with van der Waals surface area (Å²) in [7, 11) is 0. The van der Waals surface area contributed by atoms with Crippen molar-refractivity contribution < 1.29 is 14.0 Å². The molecule has 1 fully saturated rings. The van der Waals surface area contributed by atoms with Gasteiger partial charge in [-0.1, -0.05) is 11.6 Å². The predicted molar refractivity (Wildman–Crippen MR) is 95.2 cm³/mol. The number of carbonyl (C=O) groups excluding carboxylic acids is 2. The van der Waals surface area contributed by atoms with E-state index in [2.05, 4.69) is 20.9 Å². The second-order valence-corrected chi connectivity index (χ2v) is 6.92. The number of nitrogens with zero attached hydrogens (tertiary/aromatic N) is 3. The van der Waals surface area contributed by atoms with Gasteiger partial charge in [-0.3, -0.25) is 14.6 Å². The molecule has 0 aliphatic carbocycles. The molecule has 1 aliphatic heterocycles. The van der Waals surface area contributed by atoms with Crippen molar-refractivity contribution in [1.29, 1.82) is 0 Å². The van der Waals surface area contributed by atoms with Gasteiger partial charge in [-0.25, -0.2) is 4.39 Å². The molecule has 2 heterocycles. The Hall–Kier alpha value is -1.99. The van der Waals surface area contributed by atoms with Crippen molar-refractivity contribution >= 4 is 39.3 Å². The number of amides is 2. The Bertz CT molecular complexity index is 825. The number of hydrogen-bond acceptors (Lipinski definition) is 3. The Kier molecular flexibility index (Phi) is 5.34. The first-order chi connectivity index (χ1) is 12.0. The summed E-state index contributed by atoms with van der Waals surface area (Å²) >= 11 is 9.25. The summed E-state index contributed by atoms with van der Waals surface area (Å²) in [6.45, 7) is 1.60. The van der Waals surface area contributed by atoms with Crippen LogP contribution >= 0.6 is 27.5 Å². The molecule has 25 heavy (non-hydrogen) atoms. The van der Waals surface area contributed by atoms with E-state index in [1.54, 1.807) is 22.1 Å². The molecule has 1 saturated heterocycles. The first kappa shape index (κ1) is 17.8. The third-order valence-electron chi connectivity index (χ3n) is 3.97. The van der Waals surface area contributed by atoms with Gasteiger partial charge >= 0.3 is 0 Å². The highest BCUT2D eigenvalue weighted by Gasteiger charge is 2.26. The van der Waals surface area contributed by atoms with Gasteiger partial charge in [0.15, 0.2) is 0 Å². The lowest BCUT2D eigenvalue weighted by atomic mass is 10.1. The molecule has 0 N–H and O–H groups in total. The van der Waals surface area contributed by atoms with Crippen molar-refractivity contribution in [1.82, 2.24) is 14.8 Å². The van der Waals surface area contributed by atoms with E-state index < -0.39 is 5.82 Å². The minimum atomic E-state index is -0.486. The molecule has 5 nitrogen and oxygen atoms in total. The standard InChI is InChI=1S/C17H14BrClFN3O2/c18-12-7-11(9-21-10-12)16(24)22-3-5-23(6-4-22)17(25)14-2-1-13(20)8-15(14)19/h1-2,7-10H,3-6H2. The molecule has 130 valence electrons. The van der Waals surface area contributed by atoms with Crippen LogP contribution < -0.4 is 0 Å². The van der Waals surface area contributed by atoms with Gasteiger partial charge in [0, 0.05) is 43.0 Å².